The van der Waals surface area contributed by atoms with Crippen LogP contribution >= 0.6 is 11.3 Å². The van der Waals surface area contributed by atoms with Crippen LogP contribution in [0, 0.1) is 0 Å². The summed E-state index contributed by atoms with van der Waals surface area (Å²) in [6, 6.07) is 0.136. The second-order valence-corrected chi connectivity index (χ2v) is 8.82. The van der Waals surface area contributed by atoms with Gasteiger partial charge in [-0.2, -0.15) is 17.4 Å². The first-order valence-electron chi connectivity index (χ1n) is 8.35. The van der Waals surface area contributed by atoms with Crippen LogP contribution in [0.15, 0.2) is 5.38 Å². The van der Waals surface area contributed by atoms with Gasteiger partial charge in [0.05, 0.1) is 23.7 Å². The molecule has 0 unspecified atom stereocenters. The predicted octanol–water partition coefficient (Wildman–Crippen LogP) is 1.42. The summed E-state index contributed by atoms with van der Waals surface area (Å²) >= 11 is 1.54. The van der Waals surface area contributed by atoms with Gasteiger partial charge in [-0.05, 0) is 32.6 Å². The zero-order chi connectivity index (χ0) is 17.2. The molecular formula is C15H23N3O4S2. The number of esters is 1. The van der Waals surface area contributed by atoms with E-state index in [9.17, 15) is 13.2 Å². The Morgan fingerprint density at radius 2 is 2.08 bits per heavy atom. The zero-order valence-electron chi connectivity index (χ0n) is 13.7. The lowest BCUT2D eigenvalue weighted by Gasteiger charge is -2.30. The molecule has 24 heavy (non-hydrogen) atoms. The van der Waals surface area contributed by atoms with Gasteiger partial charge >= 0.3 is 5.97 Å². The molecule has 1 aromatic rings. The second-order valence-electron chi connectivity index (χ2n) is 6.23. The molecule has 1 N–H and O–H groups in total. The molecule has 3 rings (SSSR count). The van der Waals surface area contributed by atoms with E-state index in [0.29, 0.717) is 19.7 Å². The third-order valence-corrected chi connectivity index (χ3v) is 6.97. The molecule has 9 heteroatoms. The number of rotatable bonds is 7. The fourth-order valence-corrected chi connectivity index (χ4v) is 5.27. The molecule has 0 aromatic carbocycles. The van der Waals surface area contributed by atoms with Crippen molar-refractivity contribution in [3.05, 3.63) is 16.1 Å². The number of piperidine rings is 1. The van der Waals surface area contributed by atoms with Gasteiger partial charge < -0.3 is 4.74 Å². The fraction of sp³-hybridized carbons (Fsp3) is 0.733. The Bertz CT molecular complexity index is 677. The van der Waals surface area contributed by atoms with Gasteiger partial charge in [0.1, 0.15) is 0 Å². The van der Waals surface area contributed by atoms with Crippen LogP contribution in [0.2, 0.25) is 0 Å². The van der Waals surface area contributed by atoms with E-state index >= 15 is 0 Å². The Labute approximate surface area is 146 Å². The molecule has 0 spiro atoms. The number of thiazole rings is 1. The number of aromatic nitrogens is 1. The number of nitrogens with one attached hydrogen (secondary N) is 1. The average molecular weight is 374 g/mol. The lowest BCUT2D eigenvalue weighted by molar-refractivity contribution is -0.142. The standard InChI is InChI=1S/C15H23N3O4S2/c1-2-22-14(19)9-13-10-23-15(16-13)11-5-7-18(8-6-11)24(20,21)17-12-3-4-12/h10-12,17H,2-9H2,1H3. The number of ether oxygens (including phenoxy) is 1. The Balaban J connectivity index is 1.53. The topological polar surface area (TPSA) is 88.6 Å². The molecule has 1 saturated carbocycles. The molecule has 0 atom stereocenters. The van der Waals surface area contributed by atoms with E-state index in [1.807, 2.05) is 5.38 Å². The summed E-state index contributed by atoms with van der Waals surface area (Å²) in [6.07, 6.45) is 3.61. The number of carbonyl (C=O) groups is 1. The van der Waals surface area contributed by atoms with Crippen molar-refractivity contribution in [3.63, 3.8) is 0 Å². The van der Waals surface area contributed by atoms with E-state index in [0.717, 1.165) is 36.4 Å². The van der Waals surface area contributed by atoms with E-state index in [1.54, 1.807) is 18.3 Å². The Kier molecular flexibility index (Phi) is 5.53. The molecule has 2 fully saturated rings. The molecule has 0 amide bonds. The first-order chi connectivity index (χ1) is 11.5. The Morgan fingerprint density at radius 1 is 1.38 bits per heavy atom. The maximum Gasteiger partial charge on any atom is 0.311 e. The molecule has 1 aromatic heterocycles. The summed E-state index contributed by atoms with van der Waals surface area (Å²) in [6.45, 7) is 3.18. The summed E-state index contributed by atoms with van der Waals surface area (Å²) in [7, 11) is -3.34. The van der Waals surface area contributed by atoms with Crippen LogP contribution in [0.25, 0.3) is 0 Å². The van der Waals surface area contributed by atoms with Crippen LogP contribution in [0.4, 0.5) is 0 Å². The van der Waals surface area contributed by atoms with E-state index in [2.05, 4.69) is 9.71 Å². The molecule has 1 aliphatic carbocycles. The molecule has 0 radical (unpaired) electrons. The minimum Gasteiger partial charge on any atom is -0.466 e. The summed E-state index contributed by atoms with van der Waals surface area (Å²) in [5, 5.41) is 2.88. The van der Waals surface area contributed by atoms with E-state index in [4.69, 9.17) is 4.74 Å². The molecule has 7 nitrogen and oxygen atoms in total. The maximum absolute atomic E-state index is 12.2. The number of nitrogens with zero attached hydrogens (tertiary/aromatic N) is 2. The van der Waals surface area contributed by atoms with Crippen molar-refractivity contribution in [2.75, 3.05) is 19.7 Å². The molecule has 0 bridgehead atoms. The van der Waals surface area contributed by atoms with Crippen LogP contribution in [0.5, 0.6) is 0 Å². The highest BCUT2D eigenvalue weighted by Crippen LogP contribution is 2.31. The molecule has 1 saturated heterocycles. The number of hydrogen-bond donors (Lipinski definition) is 1. The molecule has 2 aliphatic rings. The summed E-state index contributed by atoms with van der Waals surface area (Å²) in [4.78, 5) is 16.0. The molecule has 1 aliphatic heterocycles. The van der Waals surface area contributed by atoms with Gasteiger partial charge in [-0.25, -0.2) is 4.98 Å². The Morgan fingerprint density at radius 3 is 2.71 bits per heavy atom. The fourth-order valence-electron chi connectivity index (χ4n) is 2.78. The average Bonchev–Trinajstić information content (AvgIpc) is 3.22. The second kappa shape index (κ2) is 7.47. The summed E-state index contributed by atoms with van der Waals surface area (Å²) in [5.41, 5.74) is 0.735. The van der Waals surface area contributed by atoms with Crippen molar-refractivity contribution >= 4 is 27.5 Å². The van der Waals surface area contributed by atoms with E-state index in [1.165, 1.54) is 4.31 Å². The largest absolute Gasteiger partial charge is 0.466 e. The van der Waals surface area contributed by atoms with Gasteiger partial charge in [-0.1, -0.05) is 0 Å². The van der Waals surface area contributed by atoms with Crippen LogP contribution in [-0.2, 0) is 26.2 Å². The lowest BCUT2D eigenvalue weighted by Crippen LogP contribution is -2.45. The predicted molar refractivity (Wildman–Crippen MR) is 91.1 cm³/mol. The van der Waals surface area contributed by atoms with Crippen molar-refractivity contribution in [3.8, 4) is 0 Å². The minimum atomic E-state index is -3.34. The SMILES string of the molecule is CCOC(=O)Cc1csc(C2CCN(S(=O)(=O)NC3CC3)CC2)n1. The number of hydrogen-bond acceptors (Lipinski definition) is 6. The molecular weight excluding hydrogens is 350 g/mol. The van der Waals surface area contributed by atoms with Gasteiger partial charge in [-0.3, -0.25) is 4.79 Å². The van der Waals surface area contributed by atoms with Crippen LogP contribution < -0.4 is 4.72 Å². The smallest absolute Gasteiger partial charge is 0.311 e. The summed E-state index contributed by atoms with van der Waals surface area (Å²) in [5.74, 6) is -0.000247. The van der Waals surface area contributed by atoms with E-state index < -0.39 is 10.2 Å². The normalized spacial score (nSPS) is 20.2. The minimum absolute atomic E-state index is 0.136. The van der Waals surface area contributed by atoms with Crippen LogP contribution in [0.3, 0.4) is 0 Å². The van der Waals surface area contributed by atoms with Crippen molar-refractivity contribution in [1.82, 2.24) is 14.0 Å². The monoisotopic (exact) mass is 373 g/mol. The lowest BCUT2D eigenvalue weighted by atomic mass is 9.99. The van der Waals surface area contributed by atoms with Crippen molar-refractivity contribution < 1.29 is 17.9 Å². The van der Waals surface area contributed by atoms with Crippen LogP contribution in [0.1, 0.15) is 49.2 Å². The van der Waals surface area contributed by atoms with Crippen LogP contribution in [-0.4, -0.2) is 49.4 Å². The maximum atomic E-state index is 12.2. The highest BCUT2D eigenvalue weighted by Gasteiger charge is 2.34. The molecule has 2 heterocycles. The van der Waals surface area contributed by atoms with Gasteiger partial charge in [0.15, 0.2) is 0 Å². The van der Waals surface area contributed by atoms with Crippen molar-refractivity contribution in [1.29, 1.82) is 0 Å². The highest BCUT2D eigenvalue weighted by molar-refractivity contribution is 7.87. The Hall–Kier alpha value is -1.03. The number of carbonyl (C=O) groups excluding carboxylic acids is 1. The first kappa shape index (κ1) is 17.8. The quantitative estimate of drug-likeness (QED) is 0.731. The van der Waals surface area contributed by atoms with E-state index in [-0.39, 0.29) is 24.3 Å². The zero-order valence-corrected chi connectivity index (χ0v) is 15.4. The third-order valence-electron chi connectivity index (χ3n) is 4.24. The molecule has 134 valence electrons. The summed E-state index contributed by atoms with van der Waals surface area (Å²) < 4.78 is 33.6. The highest BCUT2D eigenvalue weighted by atomic mass is 32.2. The van der Waals surface area contributed by atoms with Crippen molar-refractivity contribution in [2.24, 2.45) is 0 Å². The third kappa shape index (κ3) is 4.53. The van der Waals surface area contributed by atoms with Gasteiger partial charge in [0.25, 0.3) is 10.2 Å². The van der Waals surface area contributed by atoms with Gasteiger partial charge in [-0.15, -0.1) is 11.3 Å². The van der Waals surface area contributed by atoms with Crippen molar-refractivity contribution in [2.45, 2.75) is 51.0 Å². The van der Waals surface area contributed by atoms with Gasteiger partial charge in [0, 0.05) is 30.4 Å². The van der Waals surface area contributed by atoms with Gasteiger partial charge in [0.2, 0.25) is 0 Å². The first-order valence-corrected chi connectivity index (χ1v) is 10.7.